The Bertz CT molecular complexity index is 810. The summed E-state index contributed by atoms with van der Waals surface area (Å²) in [6.45, 7) is 0. The number of rotatable bonds is 2. The molecule has 1 aromatic heterocycles. The van der Waals surface area contributed by atoms with Gasteiger partial charge in [-0.05, 0) is 18.2 Å². The maximum atomic E-state index is 12.6. The number of nitrogens with two attached hydrogens (primary N) is 1. The van der Waals surface area contributed by atoms with Crippen LogP contribution in [0.3, 0.4) is 0 Å². The van der Waals surface area contributed by atoms with Gasteiger partial charge in [0.1, 0.15) is 0 Å². The van der Waals surface area contributed by atoms with Crippen LogP contribution >= 0.6 is 0 Å². The molecule has 1 aromatic carbocycles. The maximum absolute atomic E-state index is 12.6. The zero-order valence-electron chi connectivity index (χ0n) is 10.9. The van der Waals surface area contributed by atoms with Crippen LogP contribution in [0, 0.1) is 0 Å². The third-order valence-corrected chi connectivity index (χ3v) is 2.94. The smallest absolute Gasteiger partial charge is 0.398 e. The molecule has 0 radical (unpaired) electrons. The van der Waals surface area contributed by atoms with Gasteiger partial charge in [0.15, 0.2) is 0 Å². The molecule has 0 bridgehead atoms. The first kappa shape index (κ1) is 16.7. The molecular formula is C13H6F6N2O2. The lowest BCUT2D eigenvalue weighted by molar-refractivity contribution is -0.0886. The SMILES string of the molecule is Nc1c(C(=O)C(F)(F)F)cc(C(=O)C(F)(F)F)c2ncccc12. The highest BCUT2D eigenvalue weighted by Gasteiger charge is 2.44. The van der Waals surface area contributed by atoms with Crippen LogP contribution in [0.5, 0.6) is 0 Å². The van der Waals surface area contributed by atoms with Gasteiger partial charge in [-0.1, -0.05) is 0 Å². The number of alkyl halides is 6. The quantitative estimate of drug-likeness (QED) is 0.519. The maximum Gasteiger partial charge on any atom is 0.454 e. The van der Waals surface area contributed by atoms with Gasteiger partial charge < -0.3 is 5.73 Å². The average Bonchev–Trinajstić information content (AvgIpc) is 2.44. The summed E-state index contributed by atoms with van der Waals surface area (Å²) in [6.07, 6.45) is -9.66. The van der Waals surface area contributed by atoms with Crippen LogP contribution in [0.15, 0.2) is 24.4 Å². The van der Waals surface area contributed by atoms with E-state index in [1.165, 1.54) is 6.07 Å². The van der Waals surface area contributed by atoms with Gasteiger partial charge in [-0.2, -0.15) is 26.3 Å². The third-order valence-electron chi connectivity index (χ3n) is 2.94. The molecule has 10 heteroatoms. The van der Waals surface area contributed by atoms with E-state index >= 15 is 0 Å². The minimum atomic E-state index is -5.36. The van der Waals surface area contributed by atoms with E-state index in [1.807, 2.05) is 0 Å². The summed E-state index contributed by atoms with van der Waals surface area (Å²) in [7, 11) is 0. The number of fused-ring (bicyclic) bond motifs is 1. The molecule has 0 aliphatic rings. The van der Waals surface area contributed by atoms with Crippen LogP contribution in [0.2, 0.25) is 0 Å². The average molecular weight is 336 g/mol. The fourth-order valence-corrected chi connectivity index (χ4v) is 1.94. The second kappa shape index (κ2) is 5.21. The highest BCUT2D eigenvalue weighted by molar-refractivity contribution is 6.17. The summed E-state index contributed by atoms with van der Waals surface area (Å²) in [5, 5.41) is -0.352. The van der Waals surface area contributed by atoms with Gasteiger partial charge in [0.25, 0.3) is 11.6 Å². The molecule has 0 saturated heterocycles. The van der Waals surface area contributed by atoms with E-state index in [0.717, 1.165) is 12.3 Å². The molecule has 1 heterocycles. The number of halogens is 6. The number of carbonyl (C=O) groups excluding carboxylic acids is 2. The van der Waals surface area contributed by atoms with Crippen molar-refractivity contribution in [2.75, 3.05) is 5.73 Å². The second-order valence-corrected chi connectivity index (χ2v) is 4.44. The van der Waals surface area contributed by atoms with E-state index in [-0.39, 0.29) is 11.5 Å². The number of nitrogens with zero attached hydrogens (tertiary/aromatic N) is 1. The Balaban J connectivity index is 2.85. The number of hydrogen-bond donors (Lipinski definition) is 1. The van der Waals surface area contributed by atoms with Crippen molar-refractivity contribution in [2.24, 2.45) is 0 Å². The Hall–Kier alpha value is -2.65. The summed E-state index contributed by atoms with van der Waals surface area (Å²) >= 11 is 0. The number of nitrogen functional groups attached to an aromatic ring is 1. The summed E-state index contributed by atoms with van der Waals surface area (Å²) < 4.78 is 75.5. The lowest BCUT2D eigenvalue weighted by Crippen LogP contribution is -2.27. The molecule has 0 amide bonds. The van der Waals surface area contributed by atoms with Gasteiger partial charge in [-0.3, -0.25) is 14.6 Å². The molecule has 23 heavy (non-hydrogen) atoms. The Morgan fingerprint density at radius 3 is 2.00 bits per heavy atom. The molecule has 0 spiro atoms. The fraction of sp³-hybridized carbons (Fsp3) is 0.154. The number of Topliss-reactive ketones (excluding diaryl/α,β-unsaturated/α-hetero) is 2. The molecule has 0 atom stereocenters. The molecule has 0 unspecified atom stereocenters. The van der Waals surface area contributed by atoms with Crippen LogP contribution in [0.1, 0.15) is 20.7 Å². The predicted octanol–water partition coefficient (Wildman–Crippen LogP) is 3.31. The van der Waals surface area contributed by atoms with Crippen LogP contribution in [0.4, 0.5) is 32.0 Å². The van der Waals surface area contributed by atoms with Crippen LogP contribution in [-0.4, -0.2) is 28.9 Å². The lowest BCUT2D eigenvalue weighted by Gasteiger charge is -2.14. The number of pyridine rings is 1. The van der Waals surface area contributed by atoms with Crippen molar-refractivity contribution >= 4 is 28.2 Å². The molecule has 0 saturated carbocycles. The van der Waals surface area contributed by atoms with E-state index in [0.29, 0.717) is 0 Å². The highest BCUT2D eigenvalue weighted by atomic mass is 19.4. The van der Waals surface area contributed by atoms with Crippen molar-refractivity contribution in [3.05, 3.63) is 35.5 Å². The van der Waals surface area contributed by atoms with Gasteiger partial charge in [0, 0.05) is 11.6 Å². The van der Waals surface area contributed by atoms with Gasteiger partial charge in [0.2, 0.25) is 0 Å². The number of hydrogen-bond acceptors (Lipinski definition) is 4. The first-order chi connectivity index (χ1) is 10.4. The number of aromatic nitrogens is 1. The molecule has 0 fully saturated rings. The Kier molecular flexibility index (Phi) is 3.79. The van der Waals surface area contributed by atoms with Crippen molar-refractivity contribution in [1.82, 2.24) is 4.98 Å². The number of anilines is 1. The molecule has 122 valence electrons. The van der Waals surface area contributed by atoms with Crippen molar-refractivity contribution in [3.8, 4) is 0 Å². The highest BCUT2D eigenvalue weighted by Crippen LogP contribution is 2.34. The van der Waals surface area contributed by atoms with E-state index in [4.69, 9.17) is 5.73 Å². The number of carbonyl (C=O) groups is 2. The minimum Gasteiger partial charge on any atom is -0.398 e. The van der Waals surface area contributed by atoms with Crippen molar-refractivity contribution in [1.29, 1.82) is 0 Å². The lowest BCUT2D eigenvalue weighted by atomic mass is 9.97. The molecule has 4 nitrogen and oxygen atoms in total. The first-order valence-electron chi connectivity index (χ1n) is 5.85. The van der Waals surface area contributed by atoms with Gasteiger partial charge >= 0.3 is 12.4 Å². The number of benzene rings is 1. The summed E-state index contributed by atoms with van der Waals surface area (Å²) in [6, 6.07) is 2.44. The van der Waals surface area contributed by atoms with E-state index in [9.17, 15) is 35.9 Å². The van der Waals surface area contributed by atoms with E-state index in [2.05, 4.69) is 4.98 Å². The topological polar surface area (TPSA) is 73.1 Å². The summed E-state index contributed by atoms with van der Waals surface area (Å²) in [4.78, 5) is 26.3. The standard InChI is InChI=1S/C13H6F6N2O2/c14-12(15,16)10(22)6-4-7(11(23)13(17,18)19)9-5(8(6)20)2-1-3-21-9/h1-4H,20H2. The van der Waals surface area contributed by atoms with Gasteiger partial charge in [-0.15, -0.1) is 0 Å². The van der Waals surface area contributed by atoms with Gasteiger partial charge in [0.05, 0.1) is 22.3 Å². The van der Waals surface area contributed by atoms with Crippen LogP contribution < -0.4 is 5.73 Å². The van der Waals surface area contributed by atoms with Crippen LogP contribution in [-0.2, 0) is 0 Å². The van der Waals surface area contributed by atoms with Crippen molar-refractivity contribution in [3.63, 3.8) is 0 Å². The van der Waals surface area contributed by atoms with Crippen LogP contribution in [0.25, 0.3) is 10.9 Å². The van der Waals surface area contributed by atoms with Gasteiger partial charge in [-0.25, -0.2) is 0 Å². The molecule has 2 N–H and O–H groups in total. The fourth-order valence-electron chi connectivity index (χ4n) is 1.94. The first-order valence-corrected chi connectivity index (χ1v) is 5.85. The summed E-state index contributed by atoms with van der Waals surface area (Å²) in [5.74, 6) is -4.87. The molecule has 2 aromatic rings. The Labute approximate surface area is 123 Å². The zero-order chi connectivity index (χ0) is 17.6. The van der Waals surface area contributed by atoms with E-state index < -0.39 is 46.3 Å². The largest absolute Gasteiger partial charge is 0.454 e. The summed E-state index contributed by atoms with van der Waals surface area (Å²) in [5.41, 5.74) is 1.80. The molecular weight excluding hydrogens is 330 g/mol. The van der Waals surface area contributed by atoms with Crippen molar-refractivity contribution < 1.29 is 35.9 Å². The predicted molar refractivity (Wildman–Crippen MR) is 66.9 cm³/mol. The zero-order valence-corrected chi connectivity index (χ0v) is 10.9. The molecule has 0 aliphatic carbocycles. The minimum absolute atomic E-state index is 0.177. The van der Waals surface area contributed by atoms with E-state index in [1.54, 1.807) is 0 Å². The monoisotopic (exact) mass is 336 g/mol. The third kappa shape index (κ3) is 2.96. The Morgan fingerprint density at radius 2 is 1.48 bits per heavy atom. The molecule has 2 rings (SSSR count). The van der Waals surface area contributed by atoms with Crippen molar-refractivity contribution in [2.45, 2.75) is 12.4 Å². The number of ketones is 2. The normalized spacial score (nSPS) is 12.4. The molecule has 0 aliphatic heterocycles. The Morgan fingerprint density at radius 1 is 0.957 bits per heavy atom. The second-order valence-electron chi connectivity index (χ2n) is 4.44.